The molecule has 1 aromatic heterocycles. The minimum Gasteiger partial charge on any atom is -0.491 e. The Hall–Kier alpha value is -3.82. The van der Waals surface area contributed by atoms with Crippen LogP contribution in [0.2, 0.25) is 0 Å². The van der Waals surface area contributed by atoms with Crippen molar-refractivity contribution in [3.63, 3.8) is 0 Å². The number of piperidine rings is 1. The highest BCUT2D eigenvalue weighted by atomic mass is 32.1. The van der Waals surface area contributed by atoms with Crippen LogP contribution in [0.5, 0.6) is 5.75 Å². The lowest BCUT2D eigenvalue weighted by Crippen LogP contribution is -2.59. The fourth-order valence-corrected chi connectivity index (χ4v) is 7.67. The van der Waals surface area contributed by atoms with Crippen LogP contribution < -0.4 is 15.4 Å². The minimum absolute atomic E-state index is 0.0303. The van der Waals surface area contributed by atoms with E-state index in [1.165, 1.54) is 16.2 Å². The average Bonchev–Trinajstić information content (AvgIpc) is 3.52. The highest BCUT2D eigenvalue weighted by molar-refractivity contribution is 7.13. The smallest absolute Gasteiger partial charge is 0.410 e. The number of aliphatic hydroxyl groups is 1. The number of halogens is 1. The number of thiazole rings is 1. The van der Waals surface area contributed by atoms with Crippen LogP contribution in [-0.4, -0.2) is 113 Å². The Morgan fingerprint density at radius 2 is 1.78 bits per heavy atom. The van der Waals surface area contributed by atoms with Gasteiger partial charge in [-0.3, -0.25) is 14.4 Å². The number of carbonyl (C=O) groups excluding carboxylic acids is 4. The maximum atomic E-state index is 14.6. The van der Waals surface area contributed by atoms with E-state index in [0.717, 1.165) is 35.4 Å². The third kappa shape index (κ3) is 11.4. The van der Waals surface area contributed by atoms with Gasteiger partial charge in [-0.25, -0.2) is 14.2 Å². The van der Waals surface area contributed by atoms with Crippen LogP contribution in [0.3, 0.4) is 0 Å². The first-order chi connectivity index (χ1) is 25.8. The number of aryl methyl sites for hydroxylation is 1. The van der Waals surface area contributed by atoms with E-state index in [1.807, 2.05) is 45.9 Å². The van der Waals surface area contributed by atoms with Gasteiger partial charge < -0.3 is 39.8 Å². The van der Waals surface area contributed by atoms with Gasteiger partial charge in [0, 0.05) is 44.8 Å². The topological polar surface area (TPSA) is 160 Å². The molecule has 0 bridgehead atoms. The first-order valence-corrected chi connectivity index (χ1v) is 20.2. The molecule has 55 heavy (non-hydrogen) atoms. The molecule has 304 valence electrons. The maximum Gasteiger partial charge on any atom is 0.410 e. The van der Waals surface area contributed by atoms with E-state index in [-0.39, 0.29) is 45.1 Å². The SMILES string of the molecule is Cc1ncsc1-c1ccc(CNC(=O)[C@@H]2C[C@@H](O)CN2C(=O)C(NC(=O)C2(F)CC2)C(C)(C)C)c(OCCOCCC2CCN(C(=O)OC(C)(C)C)CC2)c1. The molecule has 0 radical (unpaired) electrons. The number of carbonyl (C=O) groups is 4. The molecule has 3 atom stereocenters. The van der Waals surface area contributed by atoms with Gasteiger partial charge in [0.1, 0.15) is 30.0 Å². The van der Waals surface area contributed by atoms with Gasteiger partial charge in [0.25, 0.3) is 5.91 Å². The van der Waals surface area contributed by atoms with Crippen molar-refractivity contribution in [1.29, 1.82) is 0 Å². The summed E-state index contributed by atoms with van der Waals surface area (Å²) >= 11 is 1.52. The zero-order chi connectivity index (χ0) is 40.1. The Balaban J connectivity index is 1.16. The molecule has 2 aliphatic heterocycles. The number of aromatic nitrogens is 1. The number of β-amino-alcohol motifs (C(OH)–C–C–N with tert-alkyl or cyclic N) is 1. The molecule has 4 amide bonds. The Morgan fingerprint density at radius 1 is 1.07 bits per heavy atom. The summed E-state index contributed by atoms with van der Waals surface area (Å²) in [6, 6.07) is 3.69. The van der Waals surface area contributed by atoms with Gasteiger partial charge in [-0.1, -0.05) is 32.9 Å². The third-order valence-electron chi connectivity index (χ3n) is 10.3. The Kier molecular flexibility index (Phi) is 13.5. The molecule has 13 nitrogen and oxygen atoms in total. The first-order valence-electron chi connectivity index (χ1n) is 19.3. The van der Waals surface area contributed by atoms with Crippen molar-refractivity contribution in [3.05, 3.63) is 35.0 Å². The summed E-state index contributed by atoms with van der Waals surface area (Å²) in [6.07, 6.45) is 1.74. The monoisotopic (exact) mass is 787 g/mol. The fraction of sp³-hybridized carbons (Fsp3) is 0.675. The van der Waals surface area contributed by atoms with E-state index >= 15 is 0 Å². The van der Waals surface area contributed by atoms with Gasteiger partial charge in [0.15, 0.2) is 5.67 Å². The zero-order valence-electron chi connectivity index (χ0n) is 33.2. The molecule has 2 aromatic rings. The molecule has 3 heterocycles. The van der Waals surface area contributed by atoms with Crippen molar-refractivity contribution in [2.24, 2.45) is 11.3 Å². The maximum absolute atomic E-state index is 14.6. The number of alkyl halides is 1. The Labute approximate surface area is 327 Å². The van der Waals surface area contributed by atoms with Crippen molar-refractivity contribution < 1.29 is 42.9 Å². The van der Waals surface area contributed by atoms with Gasteiger partial charge >= 0.3 is 6.09 Å². The van der Waals surface area contributed by atoms with Gasteiger partial charge in [0.2, 0.25) is 11.8 Å². The molecular formula is C40H58FN5O8S. The van der Waals surface area contributed by atoms with E-state index in [9.17, 15) is 28.7 Å². The summed E-state index contributed by atoms with van der Waals surface area (Å²) in [5.41, 5.74) is 1.07. The van der Waals surface area contributed by atoms with E-state index in [2.05, 4.69) is 15.6 Å². The molecule has 1 aliphatic carbocycles. The average molecular weight is 788 g/mol. The lowest BCUT2D eigenvalue weighted by atomic mass is 9.85. The number of rotatable bonds is 14. The van der Waals surface area contributed by atoms with Crippen LogP contribution in [-0.2, 0) is 30.4 Å². The molecular weight excluding hydrogens is 730 g/mol. The van der Waals surface area contributed by atoms with E-state index in [0.29, 0.717) is 43.5 Å². The number of aliphatic hydroxyl groups excluding tert-OH is 1. The van der Waals surface area contributed by atoms with Crippen molar-refractivity contribution in [3.8, 4) is 16.2 Å². The molecule has 3 fully saturated rings. The van der Waals surface area contributed by atoms with Crippen LogP contribution in [0.4, 0.5) is 9.18 Å². The number of hydrogen-bond acceptors (Lipinski definition) is 10. The number of benzene rings is 1. The second kappa shape index (κ2) is 17.5. The number of amides is 4. The Morgan fingerprint density at radius 3 is 2.40 bits per heavy atom. The van der Waals surface area contributed by atoms with Gasteiger partial charge in [-0.2, -0.15) is 0 Å². The molecule has 0 spiro atoms. The summed E-state index contributed by atoms with van der Waals surface area (Å²) < 4.78 is 32.2. The standard InChI is InChI=1S/C40H58FN5O8S/c1-25-32(55-24-43-25)27-8-9-28(31(20-27)53-19-18-52-17-12-26-10-15-45(16-11-26)37(51)54-39(5,6)7)22-42-34(48)30-21-29(47)23-46(30)35(49)33(38(2,3)4)44-36(50)40(41)13-14-40/h8-9,20,24,26,29-30,33,47H,10-19,21-23H2,1-7H3,(H,42,48)(H,44,50)/t29-,30+,33?/m1/s1. The van der Waals surface area contributed by atoms with E-state index in [1.54, 1.807) is 31.2 Å². The van der Waals surface area contributed by atoms with E-state index < -0.39 is 52.6 Å². The number of likely N-dealkylation sites (tertiary alicyclic amines) is 2. The Bertz CT molecular complexity index is 1680. The molecule has 15 heteroatoms. The van der Waals surface area contributed by atoms with Crippen LogP contribution in [0, 0.1) is 18.3 Å². The fourth-order valence-electron chi connectivity index (χ4n) is 6.87. The quantitative estimate of drug-likeness (QED) is 0.220. The van der Waals surface area contributed by atoms with Crippen LogP contribution in [0.1, 0.15) is 91.3 Å². The third-order valence-corrected chi connectivity index (χ3v) is 11.3. The first kappa shape index (κ1) is 42.3. The van der Waals surface area contributed by atoms with Crippen molar-refractivity contribution in [1.82, 2.24) is 25.4 Å². The molecule has 1 saturated carbocycles. The summed E-state index contributed by atoms with van der Waals surface area (Å²) in [4.78, 5) is 61.0. The van der Waals surface area contributed by atoms with Crippen molar-refractivity contribution >= 4 is 35.2 Å². The van der Waals surface area contributed by atoms with Crippen molar-refractivity contribution in [2.45, 2.75) is 123 Å². The van der Waals surface area contributed by atoms with E-state index in [4.69, 9.17) is 14.2 Å². The summed E-state index contributed by atoms with van der Waals surface area (Å²) in [5, 5.41) is 16.1. The molecule has 1 unspecified atom stereocenters. The van der Waals surface area contributed by atoms with Gasteiger partial charge in [0.05, 0.1) is 28.8 Å². The normalized spacial score (nSPS) is 20.5. The predicted octanol–water partition coefficient (Wildman–Crippen LogP) is 5.16. The lowest BCUT2D eigenvalue weighted by Gasteiger charge is -2.35. The number of hydrogen-bond donors (Lipinski definition) is 3. The van der Waals surface area contributed by atoms with Crippen LogP contribution in [0.25, 0.3) is 10.4 Å². The minimum atomic E-state index is -1.96. The molecule has 5 rings (SSSR count). The summed E-state index contributed by atoms with van der Waals surface area (Å²) in [7, 11) is 0. The van der Waals surface area contributed by atoms with Gasteiger partial charge in [-0.15, -0.1) is 11.3 Å². The highest BCUT2D eigenvalue weighted by Crippen LogP contribution is 2.40. The molecule has 3 N–H and O–H groups in total. The van der Waals surface area contributed by atoms with Crippen molar-refractivity contribution in [2.75, 3.05) is 39.5 Å². The lowest BCUT2D eigenvalue weighted by molar-refractivity contribution is -0.145. The highest BCUT2D eigenvalue weighted by Gasteiger charge is 2.53. The molecule has 3 aliphatic rings. The number of nitrogens with zero attached hydrogens (tertiary/aromatic N) is 3. The zero-order valence-corrected chi connectivity index (χ0v) is 34.1. The largest absolute Gasteiger partial charge is 0.491 e. The second-order valence-electron chi connectivity index (χ2n) is 17.1. The van der Waals surface area contributed by atoms with Crippen LogP contribution in [0.15, 0.2) is 23.7 Å². The number of nitrogens with one attached hydrogen (secondary N) is 2. The second-order valence-corrected chi connectivity index (χ2v) is 18.0. The summed E-state index contributed by atoms with van der Waals surface area (Å²) in [5.74, 6) is -0.792. The summed E-state index contributed by atoms with van der Waals surface area (Å²) in [6.45, 7) is 15.4. The van der Waals surface area contributed by atoms with Gasteiger partial charge in [-0.05, 0) is 82.8 Å². The predicted molar refractivity (Wildman–Crippen MR) is 206 cm³/mol. The van der Waals surface area contributed by atoms with Crippen LogP contribution >= 0.6 is 11.3 Å². The molecule has 1 aromatic carbocycles. The molecule has 2 saturated heterocycles. The number of ether oxygens (including phenoxy) is 3.